The molecule has 0 spiro atoms. The van der Waals surface area contributed by atoms with Gasteiger partial charge >= 0.3 is 0 Å². The van der Waals surface area contributed by atoms with Crippen LogP contribution in [0.4, 0.5) is 10.2 Å². The van der Waals surface area contributed by atoms with E-state index >= 15 is 0 Å². The lowest BCUT2D eigenvalue weighted by atomic mass is 10.1. The van der Waals surface area contributed by atoms with Gasteiger partial charge in [-0.1, -0.05) is 11.8 Å². The Hall–Kier alpha value is -2.81. The minimum Gasteiger partial charge on any atom is -0.496 e. The third kappa shape index (κ3) is 6.35. The van der Waals surface area contributed by atoms with Crippen molar-refractivity contribution in [3.05, 3.63) is 51.9 Å². The minimum atomic E-state index is -0.691. The van der Waals surface area contributed by atoms with E-state index in [1.807, 2.05) is 12.3 Å². The van der Waals surface area contributed by atoms with Gasteiger partial charge in [-0.3, -0.25) is 4.79 Å². The summed E-state index contributed by atoms with van der Waals surface area (Å²) in [6, 6.07) is 4.43. The topological polar surface area (TPSA) is 106 Å². The molecule has 8 nitrogen and oxygen atoms in total. The smallest absolute Gasteiger partial charge is 0.195 e. The summed E-state index contributed by atoms with van der Waals surface area (Å²) in [4.78, 5) is 20.9. The van der Waals surface area contributed by atoms with Gasteiger partial charge in [0.05, 0.1) is 25.4 Å². The zero-order chi connectivity index (χ0) is 21.9. The number of nitrogens with one attached hydrogen (secondary N) is 1. The average Bonchev–Trinajstić information content (AvgIpc) is 2.77. The van der Waals surface area contributed by atoms with Crippen LogP contribution in [0, 0.1) is 17.1 Å². The van der Waals surface area contributed by atoms with Crippen molar-refractivity contribution in [1.29, 1.82) is 5.26 Å². The Morgan fingerprint density at radius 1 is 1.33 bits per heavy atom. The van der Waals surface area contributed by atoms with E-state index in [0.717, 1.165) is 6.07 Å². The Bertz CT molecular complexity index is 949. The fourth-order valence-electron chi connectivity index (χ4n) is 2.20. The molecule has 0 atom stereocenters. The van der Waals surface area contributed by atoms with Crippen LogP contribution in [0.3, 0.4) is 0 Å². The van der Waals surface area contributed by atoms with Crippen LogP contribution in [0.5, 0.6) is 11.5 Å². The predicted octanol–water partition coefficient (Wildman–Crippen LogP) is 3.67. The maximum absolute atomic E-state index is 14.3. The van der Waals surface area contributed by atoms with Crippen molar-refractivity contribution in [3.8, 4) is 17.6 Å². The second-order valence-corrected chi connectivity index (χ2v) is 7.52. The molecule has 0 aliphatic rings. The van der Waals surface area contributed by atoms with Gasteiger partial charge < -0.3 is 19.5 Å². The fraction of sp³-hybridized carbons (Fsp3) is 0.263. The summed E-state index contributed by atoms with van der Waals surface area (Å²) in [5.41, 5.74) is 0.201. The van der Waals surface area contributed by atoms with Crippen LogP contribution >= 0.6 is 23.5 Å². The molecule has 0 unspecified atom stereocenters. The molecule has 0 fully saturated rings. The Balaban J connectivity index is 2.15. The zero-order valence-corrected chi connectivity index (χ0v) is 18.1. The number of carbonyl (C=O) groups is 1. The van der Waals surface area contributed by atoms with E-state index in [9.17, 15) is 9.18 Å². The first-order chi connectivity index (χ1) is 14.5. The lowest BCUT2D eigenvalue weighted by Crippen LogP contribution is -2.09. The number of benzene rings is 1. The summed E-state index contributed by atoms with van der Waals surface area (Å²) >= 11 is 2.71. The van der Waals surface area contributed by atoms with E-state index in [4.69, 9.17) is 19.5 Å². The van der Waals surface area contributed by atoms with E-state index in [0.29, 0.717) is 15.9 Å². The van der Waals surface area contributed by atoms with Crippen LogP contribution in [-0.4, -0.2) is 48.9 Å². The standard InChI is InChI=1S/C19H19FN4O4S2/c1-26-11-28-19-13(20)4-5-15(27-2)18(19)14(25)6-17(29-3)30-10-24-16-9-22-12(7-21)8-23-16/h4-6,8-9H,10-11H2,1-3H3,(H,23,24)/b17-6+. The third-order valence-corrected chi connectivity index (χ3v) is 5.61. The third-order valence-electron chi connectivity index (χ3n) is 3.54. The van der Waals surface area contributed by atoms with Crippen molar-refractivity contribution in [2.75, 3.05) is 38.5 Å². The number of nitriles is 1. The summed E-state index contributed by atoms with van der Waals surface area (Å²) < 4.78 is 30.2. The lowest BCUT2D eigenvalue weighted by molar-refractivity contribution is 0.0473. The van der Waals surface area contributed by atoms with Gasteiger partial charge in [-0.25, -0.2) is 14.4 Å². The van der Waals surface area contributed by atoms with Crippen molar-refractivity contribution in [1.82, 2.24) is 9.97 Å². The van der Waals surface area contributed by atoms with Gasteiger partial charge in [0, 0.05) is 17.4 Å². The normalized spacial score (nSPS) is 11.0. The number of thioether (sulfide) groups is 2. The first kappa shape index (κ1) is 23.5. The van der Waals surface area contributed by atoms with Crippen LogP contribution in [-0.2, 0) is 4.74 Å². The lowest BCUT2D eigenvalue weighted by Gasteiger charge is -2.14. The number of allylic oxidation sites excluding steroid dienone is 1. The number of rotatable bonds is 11. The largest absolute Gasteiger partial charge is 0.496 e. The maximum Gasteiger partial charge on any atom is 0.195 e. The molecule has 0 saturated heterocycles. The van der Waals surface area contributed by atoms with E-state index in [2.05, 4.69) is 15.3 Å². The number of ketones is 1. The van der Waals surface area contributed by atoms with Gasteiger partial charge in [-0.2, -0.15) is 5.26 Å². The molecule has 158 valence electrons. The zero-order valence-electron chi connectivity index (χ0n) is 16.5. The molecule has 1 N–H and O–H groups in total. The summed E-state index contributed by atoms with van der Waals surface area (Å²) in [6.07, 6.45) is 6.01. The van der Waals surface area contributed by atoms with Gasteiger partial charge in [0.15, 0.2) is 29.8 Å². The summed E-state index contributed by atoms with van der Waals surface area (Å²) in [5.74, 6) is -0.297. The number of halogens is 1. The summed E-state index contributed by atoms with van der Waals surface area (Å²) in [7, 11) is 2.79. The minimum absolute atomic E-state index is 0.0207. The molecule has 0 radical (unpaired) electrons. The predicted molar refractivity (Wildman–Crippen MR) is 114 cm³/mol. The van der Waals surface area contributed by atoms with Crippen molar-refractivity contribution in [2.24, 2.45) is 0 Å². The van der Waals surface area contributed by atoms with Crippen molar-refractivity contribution >= 4 is 35.1 Å². The Morgan fingerprint density at radius 2 is 2.13 bits per heavy atom. The highest BCUT2D eigenvalue weighted by molar-refractivity contribution is 8.22. The molecule has 0 aliphatic carbocycles. The second kappa shape index (κ2) is 12.0. The number of methoxy groups -OCH3 is 2. The number of aromatic nitrogens is 2. The van der Waals surface area contributed by atoms with E-state index in [-0.39, 0.29) is 29.5 Å². The first-order valence-electron chi connectivity index (χ1n) is 8.41. The van der Waals surface area contributed by atoms with E-state index < -0.39 is 11.6 Å². The van der Waals surface area contributed by atoms with Gasteiger partial charge in [-0.15, -0.1) is 11.8 Å². The molecule has 2 rings (SSSR count). The molecule has 0 aliphatic heterocycles. The van der Waals surface area contributed by atoms with Crippen LogP contribution in [0.2, 0.25) is 0 Å². The Kier molecular flexibility index (Phi) is 9.40. The highest BCUT2D eigenvalue weighted by atomic mass is 32.2. The van der Waals surface area contributed by atoms with Crippen molar-refractivity contribution in [2.45, 2.75) is 0 Å². The van der Waals surface area contributed by atoms with Crippen LogP contribution < -0.4 is 14.8 Å². The average molecular weight is 451 g/mol. The maximum atomic E-state index is 14.3. The number of carbonyl (C=O) groups excluding carboxylic acids is 1. The van der Waals surface area contributed by atoms with E-state index in [1.165, 1.54) is 62.3 Å². The SMILES string of the molecule is COCOc1c(F)ccc(OC)c1C(=O)/C=C(\SC)SCNc1cnc(C#N)cn1. The molecule has 1 heterocycles. The molecule has 0 saturated carbocycles. The molecule has 1 aromatic heterocycles. The first-order valence-corrected chi connectivity index (χ1v) is 10.6. The number of ether oxygens (including phenoxy) is 3. The van der Waals surface area contributed by atoms with Crippen LogP contribution in [0.25, 0.3) is 0 Å². The van der Waals surface area contributed by atoms with Gasteiger partial charge in [0.1, 0.15) is 23.2 Å². The summed E-state index contributed by atoms with van der Waals surface area (Å²) in [5, 5.41) is 11.8. The van der Waals surface area contributed by atoms with Gasteiger partial charge in [-0.05, 0) is 18.4 Å². The molecule has 1 aromatic carbocycles. The molecule has 30 heavy (non-hydrogen) atoms. The van der Waals surface area contributed by atoms with Gasteiger partial charge in [0.2, 0.25) is 0 Å². The molecular weight excluding hydrogens is 431 g/mol. The second-order valence-electron chi connectivity index (χ2n) is 5.40. The van der Waals surface area contributed by atoms with Gasteiger partial charge in [0.25, 0.3) is 0 Å². The Morgan fingerprint density at radius 3 is 2.73 bits per heavy atom. The molecule has 0 bridgehead atoms. The number of hydrogen-bond acceptors (Lipinski definition) is 10. The van der Waals surface area contributed by atoms with Crippen molar-refractivity contribution in [3.63, 3.8) is 0 Å². The number of hydrogen-bond donors (Lipinski definition) is 1. The quantitative estimate of drug-likeness (QED) is 0.310. The fourth-order valence-corrected chi connectivity index (χ4v) is 3.62. The van der Waals surface area contributed by atoms with Crippen molar-refractivity contribution < 1.29 is 23.4 Å². The molecule has 2 aromatic rings. The molecule has 11 heteroatoms. The van der Waals surface area contributed by atoms with Crippen LogP contribution in [0.15, 0.2) is 34.8 Å². The Labute approximate surface area is 181 Å². The van der Waals surface area contributed by atoms with Crippen LogP contribution in [0.1, 0.15) is 16.1 Å². The monoisotopic (exact) mass is 450 g/mol. The summed E-state index contributed by atoms with van der Waals surface area (Å²) in [6.45, 7) is -0.215. The molecular formula is C19H19FN4O4S2. The van der Waals surface area contributed by atoms with E-state index in [1.54, 1.807) is 0 Å². The highest BCUT2D eigenvalue weighted by Crippen LogP contribution is 2.34. The molecule has 0 amide bonds. The number of nitrogens with zero attached hydrogens (tertiary/aromatic N) is 3. The highest BCUT2D eigenvalue weighted by Gasteiger charge is 2.22. The number of anilines is 1.